The first kappa shape index (κ1) is 13.5. The largest absolute Gasteiger partial charge is 0.383 e. The second-order valence-corrected chi connectivity index (χ2v) is 6.05. The molecule has 1 aromatic carbocycles. The van der Waals surface area contributed by atoms with Gasteiger partial charge in [-0.25, -0.2) is 12.8 Å². The highest BCUT2D eigenvalue weighted by atomic mass is 32.2. The number of aromatic amines is 1. The van der Waals surface area contributed by atoms with Gasteiger partial charge in [0.25, 0.3) is 0 Å². The Balaban J connectivity index is 2.25. The van der Waals surface area contributed by atoms with Crippen LogP contribution in [-0.4, -0.2) is 30.0 Å². The molecule has 0 saturated carbocycles. The number of hydrogen-bond donors (Lipinski definition) is 2. The zero-order valence-corrected chi connectivity index (χ0v) is 11.0. The Bertz CT molecular complexity index is 684. The molecule has 0 unspecified atom stereocenters. The third-order valence-corrected chi connectivity index (χ3v) is 4.45. The van der Waals surface area contributed by atoms with Crippen LogP contribution in [0.4, 0.5) is 10.2 Å². The lowest BCUT2D eigenvalue weighted by atomic mass is 10.2. The van der Waals surface area contributed by atoms with Crippen LogP contribution in [0.15, 0.2) is 35.4 Å². The van der Waals surface area contributed by atoms with Crippen LogP contribution >= 0.6 is 0 Å². The van der Waals surface area contributed by atoms with Crippen LogP contribution in [-0.2, 0) is 16.6 Å². The Morgan fingerprint density at radius 1 is 1.47 bits per heavy atom. The smallest absolute Gasteiger partial charge is 0.248 e. The third kappa shape index (κ3) is 2.74. The van der Waals surface area contributed by atoms with Crippen LogP contribution in [0.5, 0.6) is 0 Å². The fraction of sp³-hybridized carbons (Fsp3) is 0.182. The van der Waals surface area contributed by atoms with Crippen LogP contribution in [0.2, 0.25) is 0 Å². The molecule has 3 N–H and O–H groups in total. The molecule has 0 bridgehead atoms. The maximum atomic E-state index is 13.0. The molecule has 0 radical (unpaired) electrons. The van der Waals surface area contributed by atoms with Crippen molar-refractivity contribution in [2.24, 2.45) is 0 Å². The van der Waals surface area contributed by atoms with Crippen LogP contribution in [0, 0.1) is 5.82 Å². The summed E-state index contributed by atoms with van der Waals surface area (Å²) < 4.78 is 38.5. The number of sulfonamides is 1. The maximum absolute atomic E-state index is 13.0. The Morgan fingerprint density at radius 3 is 2.79 bits per heavy atom. The molecule has 6 nitrogen and oxygen atoms in total. The highest BCUT2D eigenvalue weighted by Crippen LogP contribution is 2.20. The molecule has 0 amide bonds. The number of benzene rings is 1. The van der Waals surface area contributed by atoms with Gasteiger partial charge >= 0.3 is 0 Å². The van der Waals surface area contributed by atoms with E-state index in [4.69, 9.17) is 5.73 Å². The van der Waals surface area contributed by atoms with Crippen molar-refractivity contribution in [1.82, 2.24) is 14.5 Å². The number of nitrogens with zero attached hydrogens (tertiary/aromatic N) is 2. The van der Waals surface area contributed by atoms with Crippen molar-refractivity contribution in [1.29, 1.82) is 0 Å². The van der Waals surface area contributed by atoms with Crippen LogP contribution in [0.3, 0.4) is 0 Å². The standard InChI is InChI=1S/C11H13FN4O2S/c1-16(7-8-3-2-4-9(12)5-8)19(17,18)10-6-14-15-11(10)13/h2-6H,7H2,1H3,(H3,13,14,15). The summed E-state index contributed by atoms with van der Waals surface area (Å²) in [5.41, 5.74) is 6.05. The first-order valence-corrected chi connectivity index (χ1v) is 6.85. The lowest BCUT2D eigenvalue weighted by Crippen LogP contribution is -2.26. The zero-order chi connectivity index (χ0) is 14.0. The van der Waals surface area contributed by atoms with Gasteiger partial charge in [0.1, 0.15) is 16.5 Å². The predicted molar refractivity (Wildman–Crippen MR) is 68.1 cm³/mol. The van der Waals surface area contributed by atoms with Crippen LogP contribution in [0.1, 0.15) is 5.56 Å². The van der Waals surface area contributed by atoms with Crippen molar-refractivity contribution < 1.29 is 12.8 Å². The average Bonchev–Trinajstić information content (AvgIpc) is 2.76. The number of anilines is 1. The van der Waals surface area contributed by atoms with Gasteiger partial charge in [-0.3, -0.25) is 5.10 Å². The highest BCUT2D eigenvalue weighted by Gasteiger charge is 2.24. The number of hydrogen-bond acceptors (Lipinski definition) is 4. The fourth-order valence-corrected chi connectivity index (χ4v) is 2.80. The fourth-order valence-electron chi connectivity index (χ4n) is 1.64. The third-order valence-electron chi connectivity index (χ3n) is 2.61. The van der Waals surface area contributed by atoms with E-state index < -0.39 is 15.8 Å². The van der Waals surface area contributed by atoms with Crippen molar-refractivity contribution in [3.05, 3.63) is 41.8 Å². The summed E-state index contributed by atoms with van der Waals surface area (Å²) in [4.78, 5) is -0.0913. The molecule has 0 aliphatic heterocycles. The number of halogens is 1. The molecule has 19 heavy (non-hydrogen) atoms. The highest BCUT2D eigenvalue weighted by molar-refractivity contribution is 7.89. The molecule has 0 atom stereocenters. The van der Waals surface area contributed by atoms with Gasteiger partial charge < -0.3 is 5.73 Å². The van der Waals surface area contributed by atoms with E-state index in [9.17, 15) is 12.8 Å². The van der Waals surface area contributed by atoms with Crippen molar-refractivity contribution in [2.75, 3.05) is 12.8 Å². The molecule has 1 aromatic heterocycles. The van der Waals surface area contributed by atoms with Gasteiger partial charge in [0.05, 0.1) is 6.20 Å². The zero-order valence-electron chi connectivity index (χ0n) is 10.2. The average molecular weight is 284 g/mol. The van der Waals surface area contributed by atoms with E-state index in [1.165, 1.54) is 25.2 Å². The van der Waals surface area contributed by atoms with Gasteiger partial charge in [-0.1, -0.05) is 12.1 Å². The molecular formula is C11H13FN4O2S. The second-order valence-electron chi connectivity index (χ2n) is 4.04. The van der Waals surface area contributed by atoms with Gasteiger partial charge in [-0.05, 0) is 17.7 Å². The summed E-state index contributed by atoms with van der Waals surface area (Å²) in [6.45, 7) is 0.0463. The van der Waals surface area contributed by atoms with E-state index in [1.807, 2.05) is 0 Å². The van der Waals surface area contributed by atoms with Crippen molar-refractivity contribution >= 4 is 15.8 Å². The number of H-pyrrole nitrogens is 1. The predicted octanol–water partition coefficient (Wildman–Crippen LogP) is 0.952. The minimum absolute atomic E-state index is 0.0221. The Hall–Kier alpha value is -1.93. The van der Waals surface area contributed by atoms with E-state index in [0.29, 0.717) is 5.56 Å². The molecule has 8 heteroatoms. The minimum Gasteiger partial charge on any atom is -0.383 e. The first-order chi connectivity index (χ1) is 8.91. The summed E-state index contributed by atoms with van der Waals surface area (Å²) in [6, 6.07) is 5.75. The van der Waals surface area contributed by atoms with Gasteiger partial charge in [0.2, 0.25) is 10.0 Å². The Labute approximate surface area is 110 Å². The summed E-state index contributed by atoms with van der Waals surface area (Å²) in [5.74, 6) is -0.433. The number of nitrogens with two attached hydrogens (primary N) is 1. The topological polar surface area (TPSA) is 92.1 Å². The number of nitrogen functional groups attached to an aromatic ring is 1. The molecule has 2 aromatic rings. The molecular weight excluding hydrogens is 271 g/mol. The number of aromatic nitrogens is 2. The van der Waals surface area contributed by atoms with Crippen LogP contribution < -0.4 is 5.73 Å². The Kier molecular flexibility index (Phi) is 3.54. The van der Waals surface area contributed by atoms with Crippen LogP contribution in [0.25, 0.3) is 0 Å². The summed E-state index contributed by atoms with van der Waals surface area (Å²) >= 11 is 0. The molecule has 0 spiro atoms. The molecule has 102 valence electrons. The molecule has 2 rings (SSSR count). The van der Waals surface area contributed by atoms with Crippen molar-refractivity contribution in [3.8, 4) is 0 Å². The summed E-state index contributed by atoms with van der Waals surface area (Å²) in [5, 5.41) is 5.94. The lowest BCUT2D eigenvalue weighted by molar-refractivity contribution is 0.466. The van der Waals surface area contributed by atoms with Gasteiger partial charge in [0.15, 0.2) is 0 Å². The van der Waals surface area contributed by atoms with Crippen molar-refractivity contribution in [3.63, 3.8) is 0 Å². The number of nitrogens with one attached hydrogen (secondary N) is 1. The summed E-state index contributed by atoms with van der Waals surface area (Å²) in [7, 11) is -2.35. The Morgan fingerprint density at radius 2 is 2.21 bits per heavy atom. The van der Waals surface area contributed by atoms with E-state index >= 15 is 0 Å². The molecule has 0 aliphatic rings. The molecule has 0 saturated heterocycles. The van der Waals surface area contributed by atoms with E-state index in [-0.39, 0.29) is 17.3 Å². The summed E-state index contributed by atoms with van der Waals surface area (Å²) in [6.07, 6.45) is 1.15. The first-order valence-electron chi connectivity index (χ1n) is 5.41. The molecule has 1 heterocycles. The molecule has 0 fully saturated rings. The lowest BCUT2D eigenvalue weighted by Gasteiger charge is -2.16. The van der Waals surface area contributed by atoms with Crippen molar-refractivity contribution in [2.45, 2.75) is 11.4 Å². The normalized spacial score (nSPS) is 11.9. The monoisotopic (exact) mass is 284 g/mol. The maximum Gasteiger partial charge on any atom is 0.248 e. The van der Waals surface area contributed by atoms with Gasteiger partial charge in [0, 0.05) is 13.6 Å². The number of rotatable bonds is 4. The van der Waals surface area contributed by atoms with Gasteiger partial charge in [-0.15, -0.1) is 0 Å². The van der Waals surface area contributed by atoms with E-state index in [2.05, 4.69) is 10.2 Å². The molecule has 0 aliphatic carbocycles. The van der Waals surface area contributed by atoms with E-state index in [0.717, 1.165) is 10.5 Å². The quantitative estimate of drug-likeness (QED) is 0.874. The minimum atomic E-state index is -3.75. The second kappa shape index (κ2) is 4.98. The van der Waals surface area contributed by atoms with Gasteiger partial charge in [-0.2, -0.15) is 9.40 Å². The van der Waals surface area contributed by atoms with E-state index in [1.54, 1.807) is 6.07 Å². The SMILES string of the molecule is CN(Cc1cccc(F)c1)S(=O)(=O)c1cn[nH]c1N.